The van der Waals surface area contributed by atoms with Crippen LogP contribution in [0.2, 0.25) is 0 Å². The Kier molecular flexibility index (Phi) is 4.79. The molecule has 5 rings (SSSR count). The maximum absolute atomic E-state index is 14.5. The molecular formula is C24H18FN5O2. The van der Waals surface area contributed by atoms with Gasteiger partial charge < -0.3 is 10.1 Å². The lowest BCUT2D eigenvalue weighted by Crippen LogP contribution is -2.09. The summed E-state index contributed by atoms with van der Waals surface area (Å²) in [5.41, 5.74) is 5.25. The lowest BCUT2D eigenvalue weighted by molar-refractivity contribution is 0.112. The number of anilines is 1. The first-order valence-electron chi connectivity index (χ1n) is 10.1. The number of aldehydes is 1. The van der Waals surface area contributed by atoms with Crippen LogP contribution in [0.1, 0.15) is 32.7 Å². The van der Waals surface area contributed by atoms with Crippen molar-refractivity contribution in [2.45, 2.75) is 19.9 Å². The summed E-state index contributed by atoms with van der Waals surface area (Å²) in [6.45, 7) is 2.66. The highest BCUT2D eigenvalue weighted by atomic mass is 19.1. The fraction of sp³-hybridized carbons (Fsp3) is 0.167. The molecule has 0 aliphatic carbocycles. The third-order valence-electron chi connectivity index (χ3n) is 5.65. The second-order valence-corrected chi connectivity index (χ2v) is 7.57. The molecule has 1 N–H and O–H groups in total. The van der Waals surface area contributed by atoms with E-state index >= 15 is 0 Å². The fourth-order valence-corrected chi connectivity index (χ4v) is 4.09. The molecule has 158 valence electrons. The molecule has 2 aromatic carbocycles. The van der Waals surface area contributed by atoms with Crippen molar-refractivity contribution in [1.82, 2.24) is 14.4 Å². The van der Waals surface area contributed by atoms with Crippen molar-refractivity contribution in [1.29, 1.82) is 5.26 Å². The molecule has 3 heterocycles. The first kappa shape index (κ1) is 19.7. The van der Waals surface area contributed by atoms with Gasteiger partial charge in [0, 0.05) is 41.4 Å². The molecule has 0 radical (unpaired) electrons. The zero-order chi connectivity index (χ0) is 22.2. The van der Waals surface area contributed by atoms with Gasteiger partial charge in [0.2, 0.25) is 5.95 Å². The number of aryl methyl sites for hydroxylation is 1. The topological polar surface area (TPSA) is 92.3 Å². The quantitative estimate of drug-likeness (QED) is 0.483. The molecule has 4 aromatic rings. The molecule has 1 aliphatic heterocycles. The van der Waals surface area contributed by atoms with Gasteiger partial charge in [-0.2, -0.15) is 5.26 Å². The minimum atomic E-state index is -0.302. The Morgan fingerprint density at radius 1 is 1.31 bits per heavy atom. The van der Waals surface area contributed by atoms with E-state index in [0.29, 0.717) is 41.5 Å². The van der Waals surface area contributed by atoms with E-state index in [-0.39, 0.29) is 18.1 Å². The van der Waals surface area contributed by atoms with Crippen LogP contribution in [0.4, 0.5) is 10.3 Å². The van der Waals surface area contributed by atoms with Gasteiger partial charge >= 0.3 is 0 Å². The molecule has 0 amide bonds. The van der Waals surface area contributed by atoms with Crippen molar-refractivity contribution in [3.05, 3.63) is 76.5 Å². The highest BCUT2D eigenvalue weighted by Crippen LogP contribution is 2.32. The Morgan fingerprint density at radius 2 is 2.19 bits per heavy atom. The number of rotatable bonds is 5. The van der Waals surface area contributed by atoms with E-state index in [9.17, 15) is 14.4 Å². The molecule has 0 unspecified atom stereocenters. The zero-order valence-corrected chi connectivity index (χ0v) is 17.2. The van der Waals surface area contributed by atoms with Crippen molar-refractivity contribution in [2.24, 2.45) is 0 Å². The standard InChI is InChI=1S/C24H18FN5O2/c1-14-8-15(13-31)2-3-17(14)20-11-28-24(30-12-16(9-26)29-23(20)30)27-10-19-18-6-7-32-22(18)5-4-21(19)25/h2-5,8,11-13H,6-7,10H2,1H3,(H,27,28). The van der Waals surface area contributed by atoms with Gasteiger partial charge in [0.25, 0.3) is 0 Å². The van der Waals surface area contributed by atoms with Crippen LogP contribution >= 0.6 is 0 Å². The number of ether oxygens (including phenoxy) is 1. The van der Waals surface area contributed by atoms with E-state index in [4.69, 9.17) is 4.74 Å². The first-order chi connectivity index (χ1) is 15.6. The summed E-state index contributed by atoms with van der Waals surface area (Å²) in [4.78, 5) is 20.1. The van der Waals surface area contributed by atoms with E-state index in [2.05, 4.69) is 21.4 Å². The summed E-state index contributed by atoms with van der Waals surface area (Å²) in [6, 6.07) is 10.5. The number of benzene rings is 2. The van der Waals surface area contributed by atoms with E-state index in [1.54, 1.807) is 35.0 Å². The van der Waals surface area contributed by atoms with Gasteiger partial charge in [-0.3, -0.25) is 9.20 Å². The Bertz CT molecular complexity index is 1420. The van der Waals surface area contributed by atoms with E-state index in [0.717, 1.165) is 28.5 Å². The summed E-state index contributed by atoms with van der Waals surface area (Å²) >= 11 is 0. The zero-order valence-electron chi connectivity index (χ0n) is 17.2. The van der Waals surface area contributed by atoms with Crippen LogP contribution in [0, 0.1) is 24.1 Å². The molecule has 0 spiro atoms. The normalized spacial score (nSPS) is 12.3. The number of hydrogen-bond donors (Lipinski definition) is 1. The number of halogens is 1. The average molecular weight is 427 g/mol. The number of carbonyl (C=O) groups excluding carboxylic acids is 1. The molecule has 2 aromatic heterocycles. The summed E-state index contributed by atoms with van der Waals surface area (Å²) in [5, 5.41) is 12.6. The van der Waals surface area contributed by atoms with Crippen molar-refractivity contribution in [2.75, 3.05) is 11.9 Å². The van der Waals surface area contributed by atoms with Gasteiger partial charge in [-0.05, 0) is 36.2 Å². The monoisotopic (exact) mass is 427 g/mol. The Balaban J connectivity index is 1.56. The van der Waals surface area contributed by atoms with Gasteiger partial charge in [-0.15, -0.1) is 0 Å². The van der Waals surface area contributed by atoms with Crippen LogP contribution in [0.15, 0.2) is 42.7 Å². The maximum atomic E-state index is 14.5. The van der Waals surface area contributed by atoms with Crippen molar-refractivity contribution >= 4 is 17.9 Å². The number of imidazole rings is 1. The lowest BCUT2D eigenvalue weighted by Gasteiger charge is -2.14. The second-order valence-electron chi connectivity index (χ2n) is 7.57. The van der Waals surface area contributed by atoms with Gasteiger partial charge in [-0.25, -0.2) is 14.4 Å². The third kappa shape index (κ3) is 3.24. The highest BCUT2D eigenvalue weighted by Gasteiger charge is 2.20. The Morgan fingerprint density at radius 3 is 2.97 bits per heavy atom. The predicted octanol–water partition coefficient (Wildman–Crippen LogP) is 4.08. The molecule has 1 aliphatic rings. The summed E-state index contributed by atoms with van der Waals surface area (Å²) in [7, 11) is 0. The molecule has 0 bridgehead atoms. The summed E-state index contributed by atoms with van der Waals surface area (Å²) < 4.78 is 21.7. The van der Waals surface area contributed by atoms with Crippen LogP contribution < -0.4 is 10.1 Å². The van der Waals surface area contributed by atoms with Gasteiger partial charge in [0.1, 0.15) is 23.9 Å². The average Bonchev–Trinajstić information content (AvgIpc) is 3.46. The van der Waals surface area contributed by atoms with Crippen LogP contribution in [0.25, 0.3) is 16.8 Å². The molecule has 8 heteroatoms. The molecule has 7 nitrogen and oxygen atoms in total. The number of nitriles is 1. The molecule has 0 atom stereocenters. The van der Waals surface area contributed by atoms with Crippen LogP contribution in [-0.4, -0.2) is 27.3 Å². The number of fused-ring (bicyclic) bond motifs is 2. The fourth-order valence-electron chi connectivity index (χ4n) is 4.09. The number of aromatic nitrogens is 3. The van der Waals surface area contributed by atoms with Crippen LogP contribution in [0.3, 0.4) is 0 Å². The van der Waals surface area contributed by atoms with Gasteiger partial charge in [0.15, 0.2) is 11.3 Å². The largest absolute Gasteiger partial charge is 0.493 e. The van der Waals surface area contributed by atoms with Crippen molar-refractivity contribution in [3.8, 4) is 22.9 Å². The van der Waals surface area contributed by atoms with Crippen molar-refractivity contribution in [3.63, 3.8) is 0 Å². The molecule has 0 saturated carbocycles. The number of hydrogen-bond acceptors (Lipinski definition) is 6. The van der Waals surface area contributed by atoms with Crippen LogP contribution in [0.5, 0.6) is 5.75 Å². The SMILES string of the molecule is Cc1cc(C=O)ccc1-c1cnc(NCc2c(F)ccc3c2CCO3)n2cc(C#N)nc12. The predicted molar refractivity (Wildman–Crippen MR) is 116 cm³/mol. The molecule has 0 saturated heterocycles. The number of nitrogens with zero attached hydrogens (tertiary/aromatic N) is 4. The van der Waals surface area contributed by atoms with E-state index in [1.165, 1.54) is 6.07 Å². The molecular weight excluding hydrogens is 409 g/mol. The van der Waals surface area contributed by atoms with Crippen LogP contribution in [-0.2, 0) is 13.0 Å². The minimum absolute atomic E-state index is 0.215. The lowest BCUT2D eigenvalue weighted by atomic mass is 10.0. The maximum Gasteiger partial charge on any atom is 0.208 e. The van der Waals surface area contributed by atoms with Crippen molar-refractivity contribution < 1.29 is 13.9 Å². The molecule has 0 fully saturated rings. The second kappa shape index (κ2) is 7.78. The van der Waals surface area contributed by atoms with E-state index < -0.39 is 0 Å². The summed E-state index contributed by atoms with van der Waals surface area (Å²) in [6.07, 6.45) is 4.72. The minimum Gasteiger partial charge on any atom is -0.493 e. The number of nitrogens with one attached hydrogen (secondary N) is 1. The summed E-state index contributed by atoms with van der Waals surface area (Å²) in [5.74, 6) is 0.847. The first-order valence-corrected chi connectivity index (χ1v) is 10.1. The van der Waals surface area contributed by atoms with Gasteiger partial charge in [0.05, 0.1) is 12.8 Å². The Hall–Kier alpha value is -4.25. The number of carbonyl (C=O) groups is 1. The Labute approximate surface area is 183 Å². The highest BCUT2D eigenvalue weighted by molar-refractivity contribution is 5.83. The smallest absolute Gasteiger partial charge is 0.208 e. The third-order valence-corrected chi connectivity index (χ3v) is 5.65. The van der Waals surface area contributed by atoms with Gasteiger partial charge in [-0.1, -0.05) is 12.1 Å². The van der Waals surface area contributed by atoms with E-state index in [1.807, 2.05) is 13.0 Å². The molecule has 32 heavy (non-hydrogen) atoms.